The van der Waals surface area contributed by atoms with Crippen molar-refractivity contribution in [3.8, 4) is 11.5 Å². The van der Waals surface area contributed by atoms with Gasteiger partial charge in [0.1, 0.15) is 18.1 Å². The second kappa shape index (κ2) is 12.1. The Balaban J connectivity index is 1.42. The minimum atomic E-state index is -0.146. The summed E-state index contributed by atoms with van der Waals surface area (Å²) in [4.78, 5) is 14.5. The average molecular weight is 425 g/mol. The molecule has 6 heteroatoms. The molecule has 1 fully saturated rings. The molecule has 3 rings (SSSR count). The molecule has 166 valence electrons. The topological polar surface area (TPSA) is 60.0 Å². The number of likely N-dealkylation sites (N-methyl/N-ethyl adjacent to an activating group) is 1. The molecule has 0 bridgehead atoms. The second-order valence-corrected chi connectivity index (χ2v) is 7.65. The Bertz CT molecular complexity index is 862. The zero-order valence-corrected chi connectivity index (χ0v) is 18.4. The first kappa shape index (κ1) is 22.8. The smallest absolute Gasteiger partial charge is 0.244 e. The summed E-state index contributed by atoms with van der Waals surface area (Å²) in [6.07, 6.45) is 5.46. The highest BCUT2D eigenvalue weighted by Crippen LogP contribution is 2.16. The predicted octanol–water partition coefficient (Wildman–Crippen LogP) is 3.51. The van der Waals surface area contributed by atoms with Crippen LogP contribution in [0.1, 0.15) is 24.0 Å². The highest BCUT2D eigenvalue weighted by Gasteiger charge is 2.17. The molecule has 1 aliphatic rings. The molecule has 1 heterocycles. The summed E-state index contributed by atoms with van der Waals surface area (Å²) in [6, 6.07) is 16.0. The fourth-order valence-electron chi connectivity index (χ4n) is 3.53. The van der Waals surface area contributed by atoms with Gasteiger partial charge in [0.05, 0.1) is 7.11 Å². The van der Waals surface area contributed by atoms with Gasteiger partial charge in [-0.2, -0.15) is 0 Å². The van der Waals surface area contributed by atoms with Gasteiger partial charge in [0, 0.05) is 38.4 Å². The maximum Gasteiger partial charge on any atom is 0.244 e. The number of methoxy groups -OCH3 is 1. The van der Waals surface area contributed by atoms with Crippen LogP contribution in [-0.2, 0) is 16.1 Å². The number of nitrogens with zero attached hydrogens (tertiary/aromatic N) is 1. The van der Waals surface area contributed by atoms with Crippen LogP contribution < -0.4 is 14.8 Å². The molecule has 0 atom stereocenters. The third-order valence-corrected chi connectivity index (χ3v) is 5.41. The lowest BCUT2D eigenvalue weighted by molar-refractivity contribution is -0.116. The molecule has 2 aromatic carbocycles. The van der Waals surface area contributed by atoms with E-state index >= 15 is 0 Å². The number of hydrogen-bond donors (Lipinski definition) is 1. The number of ether oxygens (including phenoxy) is 3. The number of carbonyl (C=O) groups is 1. The summed E-state index contributed by atoms with van der Waals surface area (Å²) in [5.74, 6) is 1.43. The van der Waals surface area contributed by atoms with Crippen LogP contribution >= 0.6 is 0 Å². The highest BCUT2D eigenvalue weighted by molar-refractivity contribution is 5.91. The van der Waals surface area contributed by atoms with E-state index in [2.05, 4.69) is 17.3 Å². The zero-order chi connectivity index (χ0) is 21.9. The van der Waals surface area contributed by atoms with Gasteiger partial charge in [-0.25, -0.2) is 0 Å². The van der Waals surface area contributed by atoms with Crippen LogP contribution in [0.2, 0.25) is 0 Å². The molecule has 0 unspecified atom stereocenters. The summed E-state index contributed by atoms with van der Waals surface area (Å²) in [5, 5.41) is 2.91. The van der Waals surface area contributed by atoms with Gasteiger partial charge >= 0.3 is 0 Å². The Labute approximate surface area is 184 Å². The van der Waals surface area contributed by atoms with Gasteiger partial charge < -0.3 is 19.5 Å². The Morgan fingerprint density at radius 1 is 1.16 bits per heavy atom. The molecule has 1 amide bonds. The molecule has 31 heavy (non-hydrogen) atoms. The Morgan fingerprint density at radius 2 is 1.94 bits per heavy atom. The summed E-state index contributed by atoms with van der Waals surface area (Å²) in [7, 11) is 3.77. The van der Waals surface area contributed by atoms with Crippen molar-refractivity contribution in [3.05, 3.63) is 65.7 Å². The summed E-state index contributed by atoms with van der Waals surface area (Å²) < 4.78 is 16.6. The lowest BCUT2D eigenvalue weighted by Crippen LogP contribution is -2.38. The summed E-state index contributed by atoms with van der Waals surface area (Å²) in [5.41, 5.74) is 1.91. The van der Waals surface area contributed by atoms with Crippen LogP contribution in [0.4, 0.5) is 0 Å². The van der Waals surface area contributed by atoms with Crippen molar-refractivity contribution in [1.29, 1.82) is 0 Å². The summed E-state index contributed by atoms with van der Waals surface area (Å²) >= 11 is 0. The fourth-order valence-corrected chi connectivity index (χ4v) is 3.53. The molecule has 0 aromatic heterocycles. The monoisotopic (exact) mass is 424 g/mol. The van der Waals surface area contributed by atoms with E-state index in [0.29, 0.717) is 19.2 Å². The Hall–Kier alpha value is -2.83. The first-order valence-electron chi connectivity index (χ1n) is 10.7. The molecule has 6 nitrogen and oxygen atoms in total. The first-order chi connectivity index (χ1) is 15.1. The predicted molar refractivity (Wildman–Crippen MR) is 122 cm³/mol. The standard InChI is InChI=1S/C25H32N2O4/c1-27(22-11-14-30-15-12-22)13-16-31-24-8-4-6-21(18-24)19-26-25(28)10-9-20-5-3-7-23(17-20)29-2/h3-10,17-18,22H,11-16,19H2,1-2H3,(H,26,28)/b10-9+. The van der Waals surface area contributed by atoms with Crippen molar-refractivity contribution in [2.45, 2.75) is 25.4 Å². The van der Waals surface area contributed by atoms with Gasteiger partial charge in [0.15, 0.2) is 0 Å². The van der Waals surface area contributed by atoms with Crippen molar-refractivity contribution in [3.63, 3.8) is 0 Å². The van der Waals surface area contributed by atoms with Gasteiger partial charge in [-0.1, -0.05) is 24.3 Å². The molecular formula is C25H32N2O4. The number of hydrogen-bond acceptors (Lipinski definition) is 5. The van der Waals surface area contributed by atoms with E-state index in [1.807, 2.05) is 48.5 Å². The molecule has 0 spiro atoms. The second-order valence-electron chi connectivity index (χ2n) is 7.65. The third-order valence-electron chi connectivity index (χ3n) is 5.41. The maximum absolute atomic E-state index is 12.2. The lowest BCUT2D eigenvalue weighted by atomic mass is 10.1. The lowest BCUT2D eigenvalue weighted by Gasteiger charge is -2.31. The molecule has 1 saturated heterocycles. The highest BCUT2D eigenvalue weighted by atomic mass is 16.5. The van der Waals surface area contributed by atoms with Crippen LogP contribution in [0.5, 0.6) is 11.5 Å². The van der Waals surface area contributed by atoms with Crippen molar-refractivity contribution in [2.75, 3.05) is 40.5 Å². The zero-order valence-electron chi connectivity index (χ0n) is 18.4. The number of nitrogens with one attached hydrogen (secondary N) is 1. The number of amides is 1. The van der Waals surface area contributed by atoms with Crippen molar-refractivity contribution in [1.82, 2.24) is 10.2 Å². The van der Waals surface area contributed by atoms with Gasteiger partial charge in [0.25, 0.3) is 0 Å². The number of carbonyl (C=O) groups excluding carboxylic acids is 1. The fraction of sp³-hybridized carbons (Fsp3) is 0.400. The normalized spacial score (nSPS) is 14.7. The van der Waals surface area contributed by atoms with Crippen molar-refractivity contribution >= 4 is 12.0 Å². The van der Waals surface area contributed by atoms with E-state index in [1.54, 1.807) is 13.2 Å². The molecule has 0 radical (unpaired) electrons. The Morgan fingerprint density at radius 3 is 2.74 bits per heavy atom. The van der Waals surface area contributed by atoms with Crippen LogP contribution in [0.25, 0.3) is 6.08 Å². The Kier molecular flexibility index (Phi) is 8.94. The SMILES string of the molecule is COc1cccc(/C=C/C(=O)NCc2cccc(OCCN(C)C3CCOCC3)c2)c1. The first-order valence-corrected chi connectivity index (χ1v) is 10.7. The average Bonchev–Trinajstić information content (AvgIpc) is 2.82. The largest absolute Gasteiger partial charge is 0.497 e. The molecule has 0 saturated carbocycles. The molecule has 1 N–H and O–H groups in total. The number of benzene rings is 2. The van der Waals surface area contributed by atoms with Crippen LogP contribution in [0, 0.1) is 0 Å². The van der Waals surface area contributed by atoms with Crippen LogP contribution in [-0.4, -0.2) is 57.4 Å². The van der Waals surface area contributed by atoms with E-state index in [1.165, 1.54) is 6.08 Å². The van der Waals surface area contributed by atoms with Crippen LogP contribution in [0.15, 0.2) is 54.6 Å². The third kappa shape index (κ3) is 7.74. The molecule has 0 aliphatic carbocycles. The summed E-state index contributed by atoms with van der Waals surface area (Å²) in [6.45, 7) is 3.64. The van der Waals surface area contributed by atoms with Gasteiger partial charge in [-0.05, 0) is 61.4 Å². The van der Waals surface area contributed by atoms with Crippen molar-refractivity contribution < 1.29 is 19.0 Å². The minimum absolute atomic E-state index is 0.146. The van der Waals surface area contributed by atoms with E-state index in [0.717, 1.165) is 55.2 Å². The van der Waals surface area contributed by atoms with E-state index in [-0.39, 0.29) is 5.91 Å². The van der Waals surface area contributed by atoms with Gasteiger partial charge in [0.2, 0.25) is 5.91 Å². The molecule has 1 aliphatic heterocycles. The van der Waals surface area contributed by atoms with E-state index in [9.17, 15) is 4.79 Å². The van der Waals surface area contributed by atoms with E-state index in [4.69, 9.17) is 14.2 Å². The maximum atomic E-state index is 12.2. The van der Waals surface area contributed by atoms with Crippen LogP contribution in [0.3, 0.4) is 0 Å². The van der Waals surface area contributed by atoms with Gasteiger partial charge in [-0.15, -0.1) is 0 Å². The molecular weight excluding hydrogens is 392 g/mol. The quantitative estimate of drug-likeness (QED) is 0.592. The van der Waals surface area contributed by atoms with Gasteiger partial charge in [-0.3, -0.25) is 9.69 Å². The molecule has 2 aromatic rings. The van der Waals surface area contributed by atoms with Crippen molar-refractivity contribution in [2.24, 2.45) is 0 Å². The van der Waals surface area contributed by atoms with E-state index < -0.39 is 0 Å². The number of rotatable bonds is 10. The minimum Gasteiger partial charge on any atom is -0.497 e.